The van der Waals surface area contributed by atoms with Crippen molar-refractivity contribution < 1.29 is 14.3 Å². The highest BCUT2D eigenvalue weighted by molar-refractivity contribution is 6.31. The van der Waals surface area contributed by atoms with E-state index in [4.69, 9.17) is 21.1 Å². The van der Waals surface area contributed by atoms with Crippen molar-refractivity contribution in [3.8, 4) is 11.5 Å². The third-order valence-corrected chi connectivity index (χ3v) is 3.55. The Hall–Kier alpha value is -2.00. The zero-order valence-corrected chi connectivity index (χ0v) is 13.0. The maximum Gasteiger partial charge on any atom is 0.167 e. The maximum atomic E-state index is 12.4. The summed E-state index contributed by atoms with van der Waals surface area (Å²) in [6.45, 7) is 1.90. The molecule has 0 spiro atoms. The molecule has 4 heteroatoms. The molecule has 0 amide bonds. The van der Waals surface area contributed by atoms with E-state index < -0.39 is 0 Å². The van der Waals surface area contributed by atoms with E-state index in [2.05, 4.69) is 0 Å². The summed E-state index contributed by atoms with van der Waals surface area (Å²) in [7, 11) is 3.16. The van der Waals surface area contributed by atoms with Crippen LogP contribution in [0.4, 0.5) is 0 Å². The van der Waals surface area contributed by atoms with E-state index >= 15 is 0 Å². The molecule has 0 N–H and O–H groups in total. The second kappa shape index (κ2) is 6.64. The van der Waals surface area contributed by atoms with Crippen molar-refractivity contribution in [2.24, 2.45) is 0 Å². The molecule has 3 nitrogen and oxygen atoms in total. The number of carbonyl (C=O) groups excluding carboxylic acids is 1. The van der Waals surface area contributed by atoms with Gasteiger partial charge in [-0.3, -0.25) is 4.79 Å². The van der Waals surface area contributed by atoms with Gasteiger partial charge in [0.05, 0.1) is 14.2 Å². The summed E-state index contributed by atoms with van der Waals surface area (Å²) in [5, 5.41) is 0.566. The first-order valence-corrected chi connectivity index (χ1v) is 6.93. The number of benzene rings is 2. The Morgan fingerprint density at radius 1 is 1.05 bits per heavy atom. The molecule has 0 aliphatic heterocycles. The molecule has 0 atom stereocenters. The number of ether oxygens (including phenoxy) is 2. The van der Waals surface area contributed by atoms with Gasteiger partial charge in [0.1, 0.15) is 0 Å². The number of aryl methyl sites for hydroxylation is 1. The van der Waals surface area contributed by atoms with Gasteiger partial charge in [-0.1, -0.05) is 23.7 Å². The predicted molar refractivity (Wildman–Crippen MR) is 83.8 cm³/mol. The number of methoxy groups -OCH3 is 2. The fourth-order valence-electron chi connectivity index (χ4n) is 2.17. The minimum absolute atomic E-state index is 0.0298. The van der Waals surface area contributed by atoms with Crippen molar-refractivity contribution in [1.82, 2.24) is 0 Å². The molecule has 110 valence electrons. The molecular formula is C17H17ClO3. The van der Waals surface area contributed by atoms with Crippen LogP contribution in [0, 0.1) is 6.92 Å². The van der Waals surface area contributed by atoms with E-state index in [1.54, 1.807) is 32.4 Å². The van der Waals surface area contributed by atoms with E-state index in [-0.39, 0.29) is 5.78 Å². The Balaban J connectivity index is 2.25. The van der Waals surface area contributed by atoms with Gasteiger partial charge in [0, 0.05) is 17.0 Å². The second-order valence-corrected chi connectivity index (χ2v) is 5.18. The highest BCUT2D eigenvalue weighted by atomic mass is 35.5. The third-order valence-electron chi connectivity index (χ3n) is 3.31. The largest absolute Gasteiger partial charge is 0.493 e. The lowest BCUT2D eigenvalue weighted by Crippen LogP contribution is -2.06. The minimum atomic E-state index is 0.0298. The molecule has 0 aliphatic carbocycles. The van der Waals surface area contributed by atoms with Crippen LogP contribution in [0.15, 0.2) is 36.4 Å². The summed E-state index contributed by atoms with van der Waals surface area (Å²) in [4.78, 5) is 12.4. The van der Waals surface area contributed by atoms with Crippen LogP contribution in [-0.2, 0) is 6.42 Å². The van der Waals surface area contributed by atoms with Gasteiger partial charge in [0.2, 0.25) is 0 Å². The molecule has 2 aromatic rings. The SMILES string of the molecule is COc1ccc(CC(=O)c2cc(Cl)ccc2C)cc1OC. The number of Topliss-reactive ketones (excluding diaryl/α,β-unsaturated/α-hetero) is 1. The summed E-state index contributed by atoms with van der Waals surface area (Å²) in [5.74, 6) is 1.29. The van der Waals surface area contributed by atoms with Crippen molar-refractivity contribution in [2.75, 3.05) is 14.2 Å². The van der Waals surface area contributed by atoms with Crippen molar-refractivity contribution in [1.29, 1.82) is 0 Å². The molecule has 0 saturated heterocycles. The fourth-order valence-corrected chi connectivity index (χ4v) is 2.34. The Morgan fingerprint density at radius 3 is 2.43 bits per heavy atom. The number of rotatable bonds is 5. The average molecular weight is 305 g/mol. The van der Waals surface area contributed by atoms with Gasteiger partial charge in [-0.05, 0) is 42.3 Å². The summed E-state index contributed by atoms with van der Waals surface area (Å²) >= 11 is 5.96. The van der Waals surface area contributed by atoms with E-state index in [1.807, 2.05) is 25.1 Å². The topological polar surface area (TPSA) is 35.5 Å². The predicted octanol–water partition coefficient (Wildman–Crippen LogP) is 4.09. The molecule has 0 aromatic heterocycles. The fraction of sp³-hybridized carbons (Fsp3) is 0.235. The first kappa shape index (κ1) is 15.4. The molecule has 0 radical (unpaired) electrons. The summed E-state index contributed by atoms with van der Waals surface area (Å²) in [6, 6.07) is 10.8. The van der Waals surface area contributed by atoms with Crippen LogP contribution < -0.4 is 9.47 Å². The summed E-state index contributed by atoms with van der Waals surface area (Å²) in [6.07, 6.45) is 0.293. The van der Waals surface area contributed by atoms with Crippen LogP contribution >= 0.6 is 11.6 Å². The molecule has 0 fully saturated rings. The normalized spacial score (nSPS) is 10.3. The average Bonchev–Trinajstić information content (AvgIpc) is 2.49. The van der Waals surface area contributed by atoms with Gasteiger partial charge in [-0.15, -0.1) is 0 Å². The van der Waals surface area contributed by atoms with Crippen LogP contribution in [0.1, 0.15) is 21.5 Å². The van der Waals surface area contributed by atoms with Crippen LogP contribution in [0.3, 0.4) is 0 Å². The maximum absolute atomic E-state index is 12.4. The lowest BCUT2D eigenvalue weighted by atomic mass is 9.99. The third kappa shape index (κ3) is 3.56. The van der Waals surface area contributed by atoms with Gasteiger partial charge >= 0.3 is 0 Å². The Morgan fingerprint density at radius 2 is 1.76 bits per heavy atom. The highest BCUT2D eigenvalue weighted by Gasteiger charge is 2.12. The van der Waals surface area contributed by atoms with Gasteiger partial charge in [0.15, 0.2) is 17.3 Å². The lowest BCUT2D eigenvalue weighted by Gasteiger charge is -2.10. The highest BCUT2D eigenvalue weighted by Crippen LogP contribution is 2.28. The van der Waals surface area contributed by atoms with Gasteiger partial charge in [-0.25, -0.2) is 0 Å². The van der Waals surface area contributed by atoms with Crippen LogP contribution in [0.5, 0.6) is 11.5 Å². The van der Waals surface area contributed by atoms with Crippen molar-refractivity contribution >= 4 is 17.4 Å². The quantitative estimate of drug-likeness (QED) is 0.780. The smallest absolute Gasteiger partial charge is 0.167 e. The summed E-state index contributed by atoms with van der Waals surface area (Å²) < 4.78 is 10.4. The lowest BCUT2D eigenvalue weighted by molar-refractivity contribution is 0.0992. The Labute approximate surface area is 129 Å². The van der Waals surface area contributed by atoms with Crippen LogP contribution in [0.2, 0.25) is 5.02 Å². The molecule has 2 aromatic carbocycles. The minimum Gasteiger partial charge on any atom is -0.493 e. The van der Waals surface area contributed by atoms with Crippen molar-refractivity contribution in [3.63, 3.8) is 0 Å². The van der Waals surface area contributed by atoms with E-state index in [0.29, 0.717) is 28.5 Å². The van der Waals surface area contributed by atoms with E-state index in [1.165, 1.54) is 0 Å². The van der Waals surface area contributed by atoms with Crippen molar-refractivity contribution in [3.05, 3.63) is 58.1 Å². The van der Waals surface area contributed by atoms with Gasteiger partial charge in [-0.2, -0.15) is 0 Å². The number of carbonyl (C=O) groups is 1. The first-order chi connectivity index (χ1) is 10.0. The molecular weight excluding hydrogens is 288 g/mol. The summed E-state index contributed by atoms with van der Waals surface area (Å²) in [5.41, 5.74) is 2.44. The second-order valence-electron chi connectivity index (χ2n) is 4.75. The number of ketones is 1. The monoisotopic (exact) mass is 304 g/mol. The molecule has 0 saturated carbocycles. The van der Waals surface area contributed by atoms with Crippen molar-refractivity contribution in [2.45, 2.75) is 13.3 Å². The van der Waals surface area contributed by atoms with Crippen LogP contribution in [-0.4, -0.2) is 20.0 Å². The first-order valence-electron chi connectivity index (χ1n) is 6.55. The molecule has 0 heterocycles. The van der Waals surface area contributed by atoms with Gasteiger partial charge < -0.3 is 9.47 Å². The van der Waals surface area contributed by atoms with Gasteiger partial charge in [0.25, 0.3) is 0 Å². The zero-order chi connectivity index (χ0) is 15.4. The molecule has 2 rings (SSSR count). The van der Waals surface area contributed by atoms with Crippen LogP contribution in [0.25, 0.3) is 0 Å². The Bertz CT molecular complexity index is 665. The Kier molecular flexibility index (Phi) is 4.86. The molecule has 0 aliphatic rings. The molecule has 0 bridgehead atoms. The standard InChI is InChI=1S/C17H17ClO3/c1-11-4-6-13(18)10-14(11)15(19)8-12-5-7-16(20-2)17(9-12)21-3/h4-7,9-10H,8H2,1-3H3. The number of hydrogen-bond acceptors (Lipinski definition) is 3. The van der Waals surface area contributed by atoms with E-state index in [0.717, 1.165) is 11.1 Å². The molecule has 0 unspecified atom stereocenters. The number of hydrogen-bond donors (Lipinski definition) is 0. The molecule has 21 heavy (non-hydrogen) atoms. The number of halogens is 1. The van der Waals surface area contributed by atoms with E-state index in [9.17, 15) is 4.79 Å². The zero-order valence-electron chi connectivity index (χ0n) is 12.3.